The van der Waals surface area contributed by atoms with Crippen LogP contribution in [0.5, 0.6) is 0 Å². The molecule has 0 aromatic heterocycles. The van der Waals surface area contributed by atoms with Gasteiger partial charge in [-0.05, 0) is 31.6 Å². The molecule has 12 heavy (non-hydrogen) atoms. The third-order valence-corrected chi connectivity index (χ3v) is 3.98. The molecule has 2 fully saturated rings. The van der Waals surface area contributed by atoms with Crippen LogP contribution in [-0.2, 0) is 4.74 Å². The summed E-state index contributed by atoms with van der Waals surface area (Å²) >= 11 is 0. The maximum absolute atomic E-state index is 9.37. The summed E-state index contributed by atoms with van der Waals surface area (Å²) in [5.74, 6) is 0. The minimum absolute atomic E-state index is 0.0243. The maximum atomic E-state index is 9.37. The van der Waals surface area contributed by atoms with Crippen LogP contribution in [0.1, 0.15) is 40.0 Å². The Hall–Kier alpha value is -0.0800. The zero-order valence-electron chi connectivity index (χ0n) is 8.18. The van der Waals surface area contributed by atoms with Crippen LogP contribution in [0.4, 0.5) is 0 Å². The highest BCUT2D eigenvalue weighted by Crippen LogP contribution is 2.64. The molecule has 2 rings (SSSR count). The van der Waals surface area contributed by atoms with Crippen molar-refractivity contribution in [1.29, 1.82) is 0 Å². The fourth-order valence-electron chi connectivity index (χ4n) is 2.95. The van der Waals surface area contributed by atoms with Crippen LogP contribution in [0.2, 0.25) is 0 Å². The molecular weight excluding hydrogens is 152 g/mol. The number of aliphatic hydroxyl groups is 1. The zero-order valence-corrected chi connectivity index (χ0v) is 8.18. The second-order valence-corrected chi connectivity index (χ2v) is 5.06. The molecular formula is C10H18O2. The standard InChI is InChI=1S/C10H18O2/c1-8(2)5-4-6-9(3)10(8,7-11)12-9/h11H,4-7H2,1-3H3. The van der Waals surface area contributed by atoms with Crippen molar-refractivity contribution in [3.8, 4) is 0 Å². The molecule has 2 atom stereocenters. The van der Waals surface area contributed by atoms with Gasteiger partial charge in [0.15, 0.2) is 0 Å². The average molecular weight is 170 g/mol. The van der Waals surface area contributed by atoms with Crippen LogP contribution in [-0.4, -0.2) is 22.9 Å². The first kappa shape index (κ1) is 8.52. The predicted molar refractivity (Wildman–Crippen MR) is 46.9 cm³/mol. The molecule has 2 nitrogen and oxygen atoms in total. The number of hydrogen-bond donors (Lipinski definition) is 1. The predicted octanol–water partition coefficient (Wildman–Crippen LogP) is 1.72. The third-order valence-electron chi connectivity index (χ3n) is 3.98. The van der Waals surface area contributed by atoms with E-state index in [1.54, 1.807) is 0 Å². The van der Waals surface area contributed by atoms with Crippen molar-refractivity contribution in [1.82, 2.24) is 0 Å². The molecule has 0 radical (unpaired) electrons. The van der Waals surface area contributed by atoms with Crippen LogP contribution >= 0.6 is 0 Å². The molecule has 1 saturated heterocycles. The number of hydrogen-bond acceptors (Lipinski definition) is 2. The van der Waals surface area contributed by atoms with Crippen molar-refractivity contribution in [2.24, 2.45) is 5.41 Å². The van der Waals surface area contributed by atoms with Gasteiger partial charge in [0, 0.05) is 0 Å². The van der Waals surface area contributed by atoms with Crippen molar-refractivity contribution in [2.75, 3.05) is 6.61 Å². The van der Waals surface area contributed by atoms with E-state index >= 15 is 0 Å². The zero-order chi connectivity index (χ0) is 9.04. The van der Waals surface area contributed by atoms with Gasteiger partial charge in [-0.1, -0.05) is 13.8 Å². The van der Waals surface area contributed by atoms with E-state index in [0.717, 1.165) is 6.42 Å². The van der Waals surface area contributed by atoms with Crippen LogP contribution in [0, 0.1) is 5.41 Å². The summed E-state index contributed by atoms with van der Waals surface area (Å²) in [5.41, 5.74) is -0.101. The van der Waals surface area contributed by atoms with Crippen molar-refractivity contribution in [3.63, 3.8) is 0 Å². The van der Waals surface area contributed by atoms with E-state index in [1.165, 1.54) is 12.8 Å². The monoisotopic (exact) mass is 170 g/mol. The summed E-state index contributed by atoms with van der Waals surface area (Å²) < 4.78 is 5.77. The van der Waals surface area contributed by atoms with E-state index in [2.05, 4.69) is 20.8 Å². The molecule has 1 aliphatic carbocycles. The summed E-state index contributed by atoms with van der Waals surface area (Å²) in [7, 11) is 0. The summed E-state index contributed by atoms with van der Waals surface area (Å²) in [6, 6.07) is 0. The van der Waals surface area contributed by atoms with Gasteiger partial charge in [-0.2, -0.15) is 0 Å². The fourth-order valence-corrected chi connectivity index (χ4v) is 2.95. The molecule has 1 saturated carbocycles. The van der Waals surface area contributed by atoms with Gasteiger partial charge in [0.05, 0.1) is 12.2 Å². The second-order valence-electron chi connectivity index (χ2n) is 5.06. The Morgan fingerprint density at radius 2 is 1.92 bits per heavy atom. The van der Waals surface area contributed by atoms with Gasteiger partial charge >= 0.3 is 0 Å². The Kier molecular flexibility index (Phi) is 1.45. The molecule has 1 heterocycles. The van der Waals surface area contributed by atoms with E-state index in [-0.39, 0.29) is 23.2 Å². The number of rotatable bonds is 1. The van der Waals surface area contributed by atoms with Crippen molar-refractivity contribution >= 4 is 0 Å². The van der Waals surface area contributed by atoms with Gasteiger partial charge in [0.25, 0.3) is 0 Å². The Morgan fingerprint density at radius 1 is 1.25 bits per heavy atom. The van der Waals surface area contributed by atoms with Gasteiger partial charge in [0.1, 0.15) is 5.60 Å². The molecule has 0 bridgehead atoms. The minimum atomic E-state index is -0.224. The summed E-state index contributed by atoms with van der Waals surface area (Å²) in [6.45, 7) is 6.71. The largest absolute Gasteiger partial charge is 0.393 e. The normalized spacial score (nSPS) is 50.0. The second kappa shape index (κ2) is 2.05. The number of fused-ring (bicyclic) bond motifs is 1. The SMILES string of the molecule is CC1(C)CCCC2(C)OC12CO. The highest BCUT2D eigenvalue weighted by atomic mass is 16.6. The number of epoxide rings is 1. The fraction of sp³-hybridized carbons (Fsp3) is 1.00. The number of aliphatic hydroxyl groups excluding tert-OH is 1. The molecule has 1 N–H and O–H groups in total. The first-order valence-corrected chi connectivity index (χ1v) is 4.79. The van der Waals surface area contributed by atoms with Crippen molar-refractivity contribution < 1.29 is 9.84 Å². The van der Waals surface area contributed by atoms with Gasteiger partial charge < -0.3 is 9.84 Å². The molecule has 2 heteroatoms. The summed E-state index contributed by atoms with van der Waals surface area (Å²) in [5, 5.41) is 9.37. The third kappa shape index (κ3) is 0.728. The molecule has 2 aliphatic rings. The van der Waals surface area contributed by atoms with Crippen molar-refractivity contribution in [3.05, 3.63) is 0 Å². The Labute approximate surface area is 73.9 Å². The van der Waals surface area contributed by atoms with E-state index < -0.39 is 0 Å². The molecule has 0 amide bonds. The average Bonchev–Trinajstić information content (AvgIpc) is 2.58. The van der Waals surface area contributed by atoms with Gasteiger partial charge in [-0.3, -0.25) is 0 Å². The lowest BCUT2D eigenvalue weighted by Gasteiger charge is -2.37. The van der Waals surface area contributed by atoms with E-state index in [0.29, 0.717) is 0 Å². The highest BCUT2D eigenvalue weighted by molar-refractivity contribution is 5.21. The lowest BCUT2D eigenvalue weighted by Crippen LogP contribution is -2.45. The molecule has 0 spiro atoms. The van der Waals surface area contributed by atoms with Crippen molar-refractivity contribution in [2.45, 2.75) is 51.2 Å². The lowest BCUT2D eigenvalue weighted by atomic mass is 9.64. The summed E-state index contributed by atoms with van der Waals surface area (Å²) in [4.78, 5) is 0. The van der Waals surface area contributed by atoms with Crippen LogP contribution in [0.25, 0.3) is 0 Å². The highest BCUT2D eigenvalue weighted by Gasteiger charge is 2.74. The van der Waals surface area contributed by atoms with Gasteiger partial charge in [-0.25, -0.2) is 0 Å². The van der Waals surface area contributed by atoms with Crippen LogP contribution in [0.3, 0.4) is 0 Å². The van der Waals surface area contributed by atoms with E-state index in [4.69, 9.17) is 4.74 Å². The number of ether oxygens (including phenoxy) is 1. The van der Waals surface area contributed by atoms with Gasteiger partial charge in [-0.15, -0.1) is 0 Å². The lowest BCUT2D eigenvalue weighted by molar-refractivity contribution is 0.0596. The first-order valence-electron chi connectivity index (χ1n) is 4.79. The van der Waals surface area contributed by atoms with E-state index in [9.17, 15) is 5.11 Å². The quantitative estimate of drug-likeness (QED) is 0.608. The molecule has 2 unspecified atom stereocenters. The topological polar surface area (TPSA) is 32.8 Å². The first-order chi connectivity index (χ1) is 5.47. The summed E-state index contributed by atoms with van der Waals surface area (Å²) in [6.07, 6.45) is 3.51. The maximum Gasteiger partial charge on any atom is 0.126 e. The Morgan fingerprint density at radius 3 is 2.33 bits per heavy atom. The molecule has 0 aromatic carbocycles. The van der Waals surface area contributed by atoms with E-state index in [1.807, 2.05) is 0 Å². The molecule has 0 aromatic rings. The Bertz CT molecular complexity index is 212. The minimum Gasteiger partial charge on any atom is -0.393 e. The smallest absolute Gasteiger partial charge is 0.126 e. The Balaban J connectivity index is 2.30. The van der Waals surface area contributed by atoms with Gasteiger partial charge in [0.2, 0.25) is 0 Å². The van der Waals surface area contributed by atoms with Crippen LogP contribution < -0.4 is 0 Å². The van der Waals surface area contributed by atoms with Crippen LogP contribution in [0.15, 0.2) is 0 Å². The molecule has 1 aliphatic heterocycles. The molecule has 70 valence electrons.